The van der Waals surface area contributed by atoms with Crippen LogP contribution in [0, 0.1) is 5.41 Å². The third kappa shape index (κ3) is 6.01. The smallest absolute Gasteiger partial charge is 0.309 e. The van der Waals surface area contributed by atoms with E-state index in [4.69, 9.17) is 16.3 Å². The van der Waals surface area contributed by atoms with Crippen LogP contribution in [0.5, 0.6) is 5.75 Å². The Bertz CT molecular complexity index is 1520. The quantitative estimate of drug-likeness (QED) is 0.311. The van der Waals surface area contributed by atoms with Gasteiger partial charge in [-0.2, -0.15) is 4.31 Å². The van der Waals surface area contributed by atoms with Gasteiger partial charge in [-0.3, -0.25) is 4.79 Å². The molecule has 0 bridgehead atoms. The number of carbonyl (C=O) groups is 1. The molecule has 5 rings (SSSR count). The van der Waals surface area contributed by atoms with E-state index in [1.54, 1.807) is 44.2 Å². The average Bonchev–Trinajstić information content (AvgIpc) is 3.32. The SMILES string of the molecule is CC[C@@H]1CN(Cc2cc(C(CCc3cn(C4CCC4)nn3)C(C)(C)C(=O)O)ccc2Cl)S(=O)(=O)c2ccccc2O1. The van der Waals surface area contributed by atoms with Crippen molar-refractivity contribution in [2.24, 2.45) is 5.41 Å². The number of carboxylic acid groups (broad SMARTS) is 1. The largest absolute Gasteiger partial charge is 0.488 e. The molecule has 1 unspecified atom stereocenters. The topological polar surface area (TPSA) is 115 Å². The van der Waals surface area contributed by atoms with Gasteiger partial charge in [0.2, 0.25) is 10.0 Å². The number of aromatic nitrogens is 3. The number of benzene rings is 2. The van der Waals surface area contributed by atoms with E-state index in [1.165, 1.54) is 10.7 Å². The summed E-state index contributed by atoms with van der Waals surface area (Å²) in [7, 11) is -3.86. The zero-order chi connectivity index (χ0) is 29.4. The van der Waals surface area contributed by atoms with Gasteiger partial charge in [-0.1, -0.05) is 48.0 Å². The molecule has 220 valence electrons. The Balaban J connectivity index is 1.44. The first-order chi connectivity index (χ1) is 19.5. The molecule has 11 heteroatoms. The Morgan fingerprint density at radius 3 is 2.66 bits per heavy atom. The maximum Gasteiger partial charge on any atom is 0.309 e. The maximum atomic E-state index is 13.7. The van der Waals surface area contributed by atoms with Gasteiger partial charge in [0.05, 0.1) is 23.7 Å². The number of para-hydroxylation sites is 1. The van der Waals surface area contributed by atoms with E-state index in [9.17, 15) is 18.3 Å². The third-order valence-corrected chi connectivity index (χ3v) is 10.8. The standard InChI is InChI=1S/C30H37ClN4O5S/c1-4-24-19-34(41(38,39)28-11-6-5-10-27(28)40-24)17-21-16-20(12-15-26(21)31)25(30(2,3)29(36)37)14-13-22-18-35(33-32-22)23-8-7-9-23/h5-6,10-12,15-16,18,23-25H,4,7-9,13-14,17,19H2,1-3H3,(H,36,37)/t24-,25?/m1/s1. The van der Waals surface area contributed by atoms with Crippen LogP contribution in [0.1, 0.15) is 81.7 Å². The first-order valence-corrected chi connectivity index (χ1v) is 16.0. The second-order valence-corrected chi connectivity index (χ2v) is 13.9. The normalized spacial score (nSPS) is 20.0. The number of rotatable bonds is 10. The first kappa shape index (κ1) is 29.5. The van der Waals surface area contributed by atoms with Crippen molar-refractivity contribution in [2.45, 2.75) is 88.8 Å². The van der Waals surface area contributed by atoms with E-state index in [2.05, 4.69) is 10.3 Å². The molecule has 2 aliphatic rings. The van der Waals surface area contributed by atoms with Gasteiger partial charge in [0, 0.05) is 17.8 Å². The molecule has 1 N–H and O–H groups in total. The molecule has 1 aliphatic heterocycles. The fourth-order valence-electron chi connectivity index (χ4n) is 5.57. The second kappa shape index (κ2) is 11.7. The molecule has 3 aromatic rings. The highest BCUT2D eigenvalue weighted by Crippen LogP contribution is 2.41. The predicted octanol–water partition coefficient (Wildman–Crippen LogP) is 5.85. The number of hydrogen-bond acceptors (Lipinski definition) is 6. The average molecular weight is 601 g/mol. The second-order valence-electron chi connectivity index (χ2n) is 11.6. The van der Waals surface area contributed by atoms with Crippen LogP contribution in [0.3, 0.4) is 0 Å². The van der Waals surface area contributed by atoms with Gasteiger partial charge in [0.25, 0.3) is 0 Å². The van der Waals surface area contributed by atoms with Gasteiger partial charge in [-0.25, -0.2) is 13.1 Å². The van der Waals surface area contributed by atoms with Crippen LogP contribution >= 0.6 is 11.6 Å². The summed E-state index contributed by atoms with van der Waals surface area (Å²) >= 11 is 6.64. The lowest BCUT2D eigenvalue weighted by Crippen LogP contribution is -2.36. The number of aliphatic carboxylic acids is 1. The van der Waals surface area contributed by atoms with E-state index in [-0.39, 0.29) is 30.0 Å². The van der Waals surface area contributed by atoms with Gasteiger partial charge in [0.1, 0.15) is 16.7 Å². The summed E-state index contributed by atoms with van der Waals surface area (Å²) in [5, 5.41) is 19.2. The van der Waals surface area contributed by atoms with Crippen LogP contribution in [0.25, 0.3) is 0 Å². The molecule has 0 spiro atoms. The zero-order valence-corrected chi connectivity index (χ0v) is 25.2. The molecule has 2 atom stereocenters. The number of carboxylic acids is 1. The van der Waals surface area contributed by atoms with E-state index in [0.29, 0.717) is 41.6 Å². The molecule has 2 aromatic carbocycles. The van der Waals surface area contributed by atoms with Crippen LogP contribution in [0.2, 0.25) is 5.02 Å². The molecule has 1 saturated carbocycles. The molecule has 0 radical (unpaired) electrons. The Hall–Kier alpha value is -2.95. The summed E-state index contributed by atoms with van der Waals surface area (Å²) in [6.07, 6.45) is 6.80. The first-order valence-electron chi connectivity index (χ1n) is 14.2. The van der Waals surface area contributed by atoms with E-state index in [0.717, 1.165) is 24.1 Å². The van der Waals surface area contributed by atoms with Gasteiger partial charge < -0.3 is 9.84 Å². The summed E-state index contributed by atoms with van der Waals surface area (Å²) in [4.78, 5) is 12.5. The van der Waals surface area contributed by atoms with Gasteiger partial charge in [-0.15, -0.1) is 5.10 Å². The van der Waals surface area contributed by atoms with Crippen LogP contribution in [0.4, 0.5) is 0 Å². The zero-order valence-electron chi connectivity index (χ0n) is 23.7. The minimum atomic E-state index is -3.86. The number of ether oxygens (including phenoxy) is 1. The summed E-state index contributed by atoms with van der Waals surface area (Å²) in [6.45, 7) is 5.62. The third-order valence-electron chi connectivity index (χ3n) is 8.56. The fraction of sp³-hybridized carbons (Fsp3) is 0.500. The number of nitrogens with zero attached hydrogens (tertiary/aromatic N) is 4. The van der Waals surface area contributed by atoms with Crippen molar-refractivity contribution >= 4 is 27.6 Å². The maximum absolute atomic E-state index is 13.7. The number of halogens is 1. The van der Waals surface area contributed by atoms with Gasteiger partial charge in [0.15, 0.2) is 0 Å². The molecule has 41 heavy (non-hydrogen) atoms. The summed E-state index contributed by atoms with van der Waals surface area (Å²) < 4.78 is 36.8. The number of hydrogen-bond donors (Lipinski definition) is 1. The minimum Gasteiger partial charge on any atom is -0.488 e. The molecular formula is C30H37ClN4O5S. The van der Waals surface area contributed by atoms with E-state index in [1.807, 2.05) is 29.9 Å². The van der Waals surface area contributed by atoms with Crippen molar-refractivity contribution in [3.63, 3.8) is 0 Å². The summed E-state index contributed by atoms with van der Waals surface area (Å²) in [6, 6.07) is 12.5. The van der Waals surface area contributed by atoms with Gasteiger partial charge in [-0.05, 0) is 87.6 Å². The number of aryl methyl sites for hydroxylation is 1. The lowest BCUT2D eigenvalue weighted by Gasteiger charge is -2.31. The molecule has 0 saturated heterocycles. The fourth-order valence-corrected chi connectivity index (χ4v) is 7.32. The highest BCUT2D eigenvalue weighted by molar-refractivity contribution is 7.89. The highest BCUT2D eigenvalue weighted by Gasteiger charge is 2.39. The predicted molar refractivity (Wildman–Crippen MR) is 156 cm³/mol. The van der Waals surface area contributed by atoms with E-state index >= 15 is 0 Å². The van der Waals surface area contributed by atoms with Crippen molar-refractivity contribution in [1.82, 2.24) is 19.3 Å². The minimum absolute atomic E-state index is 0.0408. The Morgan fingerprint density at radius 1 is 1.22 bits per heavy atom. The Kier molecular flexibility index (Phi) is 8.46. The molecular weight excluding hydrogens is 564 g/mol. The van der Waals surface area contributed by atoms with Crippen LogP contribution < -0.4 is 4.74 Å². The lowest BCUT2D eigenvalue weighted by atomic mass is 9.72. The molecule has 0 amide bonds. The van der Waals surface area contributed by atoms with Crippen molar-refractivity contribution < 1.29 is 23.1 Å². The van der Waals surface area contributed by atoms with Crippen molar-refractivity contribution in [1.29, 1.82) is 0 Å². The monoisotopic (exact) mass is 600 g/mol. The number of fused-ring (bicyclic) bond motifs is 1. The van der Waals surface area contributed by atoms with Crippen molar-refractivity contribution in [3.05, 3.63) is 70.5 Å². The van der Waals surface area contributed by atoms with Crippen LogP contribution in [-0.2, 0) is 27.8 Å². The highest BCUT2D eigenvalue weighted by atomic mass is 35.5. The Morgan fingerprint density at radius 2 is 1.98 bits per heavy atom. The van der Waals surface area contributed by atoms with Crippen LogP contribution in [0.15, 0.2) is 53.6 Å². The van der Waals surface area contributed by atoms with Crippen LogP contribution in [-0.4, -0.2) is 51.4 Å². The molecule has 2 heterocycles. The van der Waals surface area contributed by atoms with Gasteiger partial charge >= 0.3 is 5.97 Å². The molecule has 1 aliphatic carbocycles. The Labute approximate surface area is 246 Å². The molecule has 1 aromatic heterocycles. The van der Waals surface area contributed by atoms with Crippen molar-refractivity contribution in [3.8, 4) is 5.75 Å². The van der Waals surface area contributed by atoms with Crippen molar-refractivity contribution in [2.75, 3.05) is 6.54 Å². The summed E-state index contributed by atoms with van der Waals surface area (Å²) in [5.74, 6) is -0.941. The molecule has 9 nitrogen and oxygen atoms in total. The number of sulfonamides is 1. The van der Waals surface area contributed by atoms with E-state index < -0.39 is 21.4 Å². The lowest BCUT2D eigenvalue weighted by molar-refractivity contribution is -0.148. The summed E-state index contributed by atoms with van der Waals surface area (Å²) in [5.41, 5.74) is 1.14. The molecule has 1 fully saturated rings.